The molecule has 4 aliphatic heterocycles. The Hall–Kier alpha value is -7.92. The molecule has 0 saturated heterocycles. The lowest BCUT2D eigenvalue weighted by atomic mass is 9.31. The molecule has 402 valence electrons. The van der Waals surface area contributed by atoms with Gasteiger partial charge in [-0.15, -0.1) is 0 Å². The van der Waals surface area contributed by atoms with Gasteiger partial charge in [-0.1, -0.05) is 252 Å². The first kappa shape index (κ1) is 52.2. The third kappa shape index (κ3) is 8.58. The molecule has 0 aromatic heterocycles. The van der Waals surface area contributed by atoms with Crippen LogP contribution in [-0.4, -0.2) is 13.4 Å². The van der Waals surface area contributed by atoms with E-state index in [2.05, 4.69) is 299 Å². The highest BCUT2D eigenvalue weighted by Gasteiger charge is 2.47. The molecule has 3 nitrogen and oxygen atoms in total. The number of para-hydroxylation sites is 1. The number of anilines is 6. The SMILES string of the molecule is CC(C)(C)c1ccc(N2c3cc(C(C)(C)C)ccc3B3c4cc5c(cc4Oc4cc(C(C)(C)C)cc2c43)Sc2cc(-c3ccccc3)cc3c2B5c2ccc(C(C)(C)C)cc2N3c2c(-c3ccccc3)cccc2-c2ccccc2)cc1. The summed E-state index contributed by atoms with van der Waals surface area (Å²) in [4.78, 5) is 7.71. The third-order valence-electron chi connectivity index (χ3n) is 17.8. The van der Waals surface area contributed by atoms with Crippen molar-refractivity contribution in [1.82, 2.24) is 0 Å². The molecule has 4 aliphatic rings. The van der Waals surface area contributed by atoms with Gasteiger partial charge in [-0.05, 0) is 148 Å². The first-order chi connectivity index (χ1) is 39.2. The quantitative estimate of drug-likeness (QED) is 0.160. The average molecular weight is 1080 g/mol. The molecule has 14 rings (SSSR count). The third-order valence-corrected chi connectivity index (χ3v) is 18.9. The second kappa shape index (κ2) is 18.8. The van der Waals surface area contributed by atoms with Crippen LogP contribution >= 0.6 is 11.8 Å². The van der Waals surface area contributed by atoms with Gasteiger partial charge < -0.3 is 14.5 Å². The van der Waals surface area contributed by atoms with Crippen LogP contribution in [0.4, 0.5) is 34.1 Å². The van der Waals surface area contributed by atoms with E-state index in [0.717, 1.165) is 17.2 Å². The zero-order valence-corrected chi connectivity index (χ0v) is 50.3. The molecule has 0 bridgehead atoms. The molecule has 10 aromatic rings. The summed E-state index contributed by atoms with van der Waals surface area (Å²) in [6.07, 6.45) is 0. The number of ether oxygens (including phenoxy) is 1. The summed E-state index contributed by atoms with van der Waals surface area (Å²) < 4.78 is 7.51. The van der Waals surface area contributed by atoms with Crippen LogP contribution in [0.3, 0.4) is 0 Å². The van der Waals surface area contributed by atoms with Gasteiger partial charge in [0.1, 0.15) is 11.5 Å². The van der Waals surface area contributed by atoms with Gasteiger partial charge in [0.05, 0.1) is 5.69 Å². The maximum atomic E-state index is 7.51. The van der Waals surface area contributed by atoms with Crippen LogP contribution in [0.25, 0.3) is 33.4 Å². The van der Waals surface area contributed by atoms with Gasteiger partial charge in [0, 0.05) is 49.4 Å². The van der Waals surface area contributed by atoms with E-state index in [1.165, 1.54) is 127 Å². The van der Waals surface area contributed by atoms with E-state index in [4.69, 9.17) is 4.74 Å². The highest BCUT2D eigenvalue weighted by Crippen LogP contribution is 2.52. The summed E-state index contributed by atoms with van der Waals surface area (Å²) in [5.74, 6) is 1.87. The lowest BCUT2D eigenvalue weighted by Gasteiger charge is -2.44. The topological polar surface area (TPSA) is 15.7 Å². The van der Waals surface area contributed by atoms with Gasteiger partial charge >= 0.3 is 0 Å². The molecule has 0 atom stereocenters. The Morgan fingerprint density at radius 2 is 0.817 bits per heavy atom. The molecule has 0 fully saturated rings. The fourth-order valence-corrected chi connectivity index (χ4v) is 14.5. The number of hydrogen-bond acceptors (Lipinski definition) is 4. The van der Waals surface area contributed by atoms with Crippen molar-refractivity contribution in [1.29, 1.82) is 0 Å². The van der Waals surface area contributed by atoms with E-state index in [9.17, 15) is 0 Å². The lowest BCUT2D eigenvalue weighted by Crippen LogP contribution is -2.63. The summed E-state index contributed by atoms with van der Waals surface area (Å²) in [6.45, 7) is 27.8. The summed E-state index contributed by atoms with van der Waals surface area (Å²) in [5, 5.41) is 0. The van der Waals surface area contributed by atoms with Crippen molar-refractivity contribution >= 4 is 92.1 Å². The first-order valence-electron chi connectivity index (χ1n) is 29.4. The van der Waals surface area contributed by atoms with Gasteiger partial charge in [-0.2, -0.15) is 0 Å². The molecule has 0 spiro atoms. The van der Waals surface area contributed by atoms with Crippen molar-refractivity contribution < 1.29 is 4.74 Å². The van der Waals surface area contributed by atoms with Gasteiger partial charge in [0.15, 0.2) is 0 Å². The smallest absolute Gasteiger partial charge is 0.256 e. The van der Waals surface area contributed by atoms with Gasteiger partial charge in [-0.25, -0.2) is 0 Å². The molecule has 0 amide bonds. The maximum absolute atomic E-state index is 7.51. The number of nitrogens with zero attached hydrogens (tertiary/aromatic N) is 2. The minimum Gasteiger partial charge on any atom is -0.458 e. The summed E-state index contributed by atoms with van der Waals surface area (Å²) in [6, 6.07) is 78.7. The van der Waals surface area contributed by atoms with Crippen molar-refractivity contribution in [3.8, 4) is 44.9 Å². The zero-order valence-electron chi connectivity index (χ0n) is 49.5. The zero-order chi connectivity index (χ0) is 56.8. The summed E-state index contributed by atoms with van der Waals surface area (Å²) in [5.41, 5.74) is 26.9. The molecule has 4 heterocycles. The standard InChI is InChI=1S/C76H70B2N2OS/c1-73(2,3)51-31-35-55(36-32-51)79-62-41-52(74(4,5)6)33-37-58(62)77-60-45-61-68(46-66(60)81-67-44-54(76(10,11)12)43-65(79)70(67)77)82-69-40-50(47-23-16-13-17-24-47)39-64-71(69)78(61)59-38-34-53(75(7,8)9)42-63(59)80(64)72-56(48-25-18-14-19-26-48)29-22-30-57(72)49-27-20-15-21-28-49/h13-46H,1-12H3. The minimum atomic E-state index is -0.137. The average Bonchev–Trinajstić information content (AvgIpc) is 3.65. The molecule has 0 unspecified atom stereocenters. The predicted octanol–water partition coefficient (Wildman–Crippen LogP) is 17.0. The number of fused-ring (bicyclic) bond motifs is 8. The molecule has 6 heteroatoms. The molecular formula is C76H70B2N2OS. The highest BCUT2D eigenvalue weighted by molar-refractivity contribution is 8.00. The van der Waals surface area contributed by atoms with E-state index < -0.39 is 0 Å². The summed E-state index contributed by atoms with van der Waals surface area (Å²) >= 11 is 1.90. The molecule has 0 saturated carbocycles. The Kier molecular flexibility index (Phi) is 12.0. The molecule has 0 radical (unpaired) electrons. The molecule has 10 aromatic carbocycles. The highest BCUT2D eigenvalue weighted by atomic mass is 32.2. The van der Waals surface area contributed by atoms with Crippen molar-refractivity contribution in [3.63, 3.8) is 0 Å². The van der Waals surface area contributed by atoms with E-state index in [1.54, 1.807) is 0 Å². The van der Waals surface area contributed by atoms with Gasteiger partial charge in [0.2, 0.25) is 6.71 Å². The van der Waals surface area contributed by atoms with Crippen molar-refractivity contribution in [2.75, 3.05) is 9.80 Å². The number of hydrogen-bond donors (Lipinski definition) is 0. The molecule has 0 N–H and O–H groups in total. The van der Waals surface area contributed by atoms with Gasteiger partial charge in [-0.3, -0.25) is 0 Å². The number of benzene rings is 10. The molecular weight excluding hydrogens is 1010 g/mol. The van der Waals surface area contributed by atoms with Crippen LogP contribution in [0, 0.1) is 0 Å². The van der Waals surface area contributed by atoms with E-state index >= 15 is 0 Å². The fourth-order valence-electron chi connectivity index (χ4n) is 13.3. The van der Waals surface area contributed by atoms with Crippen LogP contribution in [-0.2, 0) is 21.7 Å². The van der Waals surface area contributed by atoms with Crippen molar-refractivity contribution in [3.05, 3.63) is 229 Å². The Morgan fingerprint density at radius 1 is 0.329 bits per heavy atom. The second-order valence-corrected chi connectivity index (χ2v) is 28.5. The normalized spacial score (nSPS) is 14.0. The Morgan fingerprint density at radius 3 is 1.37 bits per heavy atom. The molecule has 0 aliphatic carbocycles. The second-order valence-electron chi connectivity index (χ2n) is 27.4. The van der Waals surface area contributed by atoms with E-state index in [-0.39, 0.29) is 35.1 Å². The summed E-state index contributed by atoms with van der Waals surface area (Å²) in [7, 11) is 0. The Labute approximate surface area is 491 Å². The Bertz CT molecular complexity index is 4140. The van der Waals surface area contributed by atoms with Crippen LogP contribution < -0.4 is 47.3 Å². The van der Waals surface area contributed by atoms with Crippen LogP contribution in [0.5, 0.6) is 11.5 Å². The van der Waals surface area contributed by atoms with E-state index in [1.807, 2.05) is 11.8 Å². The fraction of sp³-hybridized carbons (Fsp3) is 0.211. The number of rotatable bonds is 5. The largest absolute Gasteiger partial charge is 0.458 e. The molecule has 82 heavy (non-hydrogen) atoms. The van der Waals surface area contributed by atoms with Crippen LogP contribution in [0.1, 0.15) is 105 Å². The van der Waals surface area contributed by atoms with Crippen LogP contribution in [0.15, 0.2) is 216 Å². The minimum absolute atomic E-state index is 0.0261. The first-order valence-corrected chi connectivity index (χ1v) is 30.2. The lowest BCUT2D eigenvalue weighted by molar-refractivity contribution is 0.482. The van der Waals surface area contributed by atoms with Crippen LogP contribution in [0.2, 0.25) is 0 Å². The predicted molar refractivity (Wildman–Crippen MR) is 353 cm³/mol. The maximum Gasteiger partial charge on any atom is 0.256 e. The van der Waals surface area contributed by atoms with Crippen molar-refractivity contribution in [2.24, 2.45) is 0 Å². The van der Waals surface area contributed by atoms with E-state index in [0.29, 0.717) is 0 Å². The van der Waals surface area contributed by atoms with Crippen molar-refractivity contribution in [2.45, 2.75) is 115 Å². The monoisotopic (exact) mass is 1080 g/mol. The van der Waals surface area contributed by atoms with Gasteiger partial charge in [0.25, 0.3) is 6.71 Å². The Balaban J connectivity index is 1.05.